The van der Waals surface area contributed by atoms with Gasteiger partial charge in [0.25, 0.3) is 5.88 Å². The lowest BCUT2D eigenvalue weighted by molar-refractivity contribution is -0.278. The van der Waals surface area contributed by atoms with Crippen LogP contribution in [-0.2, 0) is 4.74 Å². The highest BCUT2D eigenvalue weighted by Gasteiger charge is 2.44. The molecule has 8 heteroatoms. The van der Waals surface area contributed by atoms with E-state index >= 15 is 0 Å². The summed E-state index contributed by atoms with van der Waals surface area (Å²) in [6.07, 6.45) is -6.61. The Labute approximate surface area is 102 Å². The minimum Gasteiger partial charge on any atom is -0.443 e. The van der Waals surface area contributed by atoms with Gasteiger partial charge >= 0.3 is 0 Å². The lowest BCUT2D eigenvalue weighted by atomic mass is 9.99. The maximum absolute atomic E-state index is 9.69. The summed E-state index contributed by atoms with van der Waals surface area (Å²) in [5, 5.41) is 41.3. The second-order valence-electron chi connectivity index (χ2n) is 4.09. The number of aryl methyl sites for hydroxylation is 1. The smallest absolute Gasteiger partial charge is 0.256 e. The summed E-state index contributed by atoms with van der Waals surface area (Å²) >= 11 is 0. The largest absolute Gasteiger partial charge is 0.443 e. The van der Waals surface area contributed by atoms with Crippen molar-refractivity contribution in [3.63, 3.8) is 0 Å². The van der Waals surface area contributed by atoms with Crippen molar-refractivity contribution in [1.29, 1.82) is 0 Å². The Kier molecular flexibility index (Phi) is 3.83. The first kappa shape index (κ1) is 13.2. The summed E-state index contributed by atoms with van der Waals surface area (Å²) in [5.74, 6) is 0.589. The molecule has 0 radical (unpaired) electrons. The lowest BCUT2D eigenvalue weighted by Crippen LogP contribution is -2.60. The predicted molar refractivity (Wildman–Crippen MR) is 55.6 cm³/mol. The molecule has 1 aromatic heterocycles. The summed E-state index contributed by atoms with van der Waals surface area (Å²) < 4.78 is 15.1. The van der Waals surface area contributed by atoms with Crippen molar-refractivity contribution in [1.82, 2.24) is 5.16 Å². The van der Waals surface area contributed by atoms with Crippen LogP contribution >= 0.6 is 0 Å². The van der Waals surface area contributed by atoms with Gasteiger partial charge in [0.05, 0.1) is 6.61 Å². The first-order valence-electron chi connectivity index (χ1n) is 5.43. The number of nitrogens with zero attached hydrogens (tertiary/aromatic N) is 1. The summed E-state index contributed by atoms with van der Waals surface area (Å²) in [7, 11) is 0. The van der Waals surface area contributed by atoms with E-state index in [-0.39, 0.29) is 5.88 Å². The SMILES string of the molecule is Cc1cc(OC2OC(CO)C(O)C(O)C2O)no1. The maximum atomic E-state index is 9.69. The third-order valence-corrected chi connectivity index (χ3v) is 2.69. The molecule has 102 valence electrons. The van der Waals surface area contributed by atoms with E-state index in [1.807, 2.05) is 0 Å². The second kappa shape index (κ2) is 5.21. The number of rotatable bonds is 3. The zero-order chi connectivity index (χ0) is 13.3. The molecule has 18 heavy (non-hydrogen) atoms. The summed E-state index contributed by atoms with van der Waals surface area (Å²) in [4.78, 5) is 0. The molecule has 1 aromatic rings. The van der Waals surface area contributed by atoms with Crippen LogP contribution in [0, 0.1) is 6.92 Å². The highest BCUT2D eigenvalue weighted by Crippen LogP contribution is 2.23. The van der Waals surface area contributed by atoms with Gasteiger partial charge in [-0.15, -0.1) is 0 Å². The number of aromatic nitrogens is 1. The van der Waals surface area contributed by atoms with Crippen LogP contribution in [0.25, 0.3) is 0 Å². The Morgan fingerprint density at radius 2 is 2.00 bits per heavy atom. The molecule has 5 unspecified atom stereocenters. The monoisotopic (exact) mass is 261 g/mol. The highest BCUT2D eigenvalue weighted by molar-refractivity contribution is 5.10. The van der Waals surface area contributed by atoms with Gasteiger partial charge in [-0.1, -0.05) is 0 Å². The van der Waals surface area contributed by atoms with Crippen molar-refractivity contribution in [3.8, 4) is 5.88 Å². The maximum Gasteiger partial charge on any atom is 0.256 e. The van der Waals surface area contributed by atoms with Crippen LogP contribution in [0.4, 0.5) is 0 Å². The Balaban J connectivity index is 2.07. The fourth-order valence-electron chi connectivity index (χ4n) is 1.68. The number of hydrogen-bond acceptors (Lipinski definition) is 8. The van der Waals surface area contributed by atoms with E-state index in [1.54, 1.807) is 6.92 Å². The minimum absolute atomic E-state index is 0.0804. The standard InChI is InChI=1S/C10H15NO7/c1-4-2-6(11-18-4)17-10-9(15)8(14)7(13)5(3-12)16-10/h2,5,7-10,12-15H,3H2,1H3. The van der Waals surface area contributed by atoms with Crippen LogP contribution in [0.5, 0.6) is 5.88 Å². The van der Waals surface area contributed by atoms with Gasteiger partial charge in [0.15, 0.2) is 0 Å². The number of aliphatic hydroxyl groups is 4. The molecular formula is C10H15NO7. The quantitative estimate of drug-likeness (QED) is 0.500. The lowest BCUT2D eigenvalue weighted by Gasteiger charge is -2.39. The Hall–Kier alpha value is -1.19. The van der Waals surface area contributed by atoms with Crippen LogP contribution in [0.2, 0.25) is 0 Å². The van der Waals surface area contributed by atoms with Gasteiger partial charge in [0.1, 0.15) is 30.2 Å². The second-order valence-corrected chi connectivity index (χ2v) is 4.09. The Morgan fingerprint density at radius 1 is 1.28 bits per heavy atom. The zero-order valence-electron chi connectivity index (χ0n) is 9.63. The molecule has 4 N–H and O–H groups in total. The molecule has 2 heterocycles. The van der Waals surface area contributed by atoms with E-state index in [4.69, 9.17) is 19.1 Å². The molecule has 0 amide bonds. The van der Waals surface area contributed by atoms with E-state index < -0.39 is 37.3 Å². The van der Waals surface area contributed by atoms with Gasteiger partial charge in [-0.05, 0) is 12.1 Å². The first-order chi connectivity index (χ1) is 8.52. The van der Waals surface area contributed by atoms with Gasteiger partial charge in [-0.25, -0.2) is 0 Å². The minimum atomic E-state index is -1.48. The molecule has 0 aliphatic carbocycles. The van der Waals surface area contributed by atoms with Gasteiger partial charge in [-0.3, -0.25) is 0 Å². The average Bonchev–Trinajstić information content (AvgIpc) is 2.75. The van der Waals surface area contributed by atoms with Crippen molar-refractivity contribution < 1.29 is 34.4 Å². The van der Waals surface area contributed by atoms with Crippen LogP contribution < -0.4 is 4.74 Å². The van der Waals surface area contributed by atoms with E-state index in [2.05, 4.69) is 5.16 Å². The van der Waals surface area contributed by atoms with E-state index in [0.717, 1.165) is 0 Å². The molecule has 8 nitrogen and oxygen atoms in total. The molecule has 0 saturated carbocycles. The molecule has 1 aliphatic rings. The fraction of sp³-hybridized carbons (Fsp3) is 0.700. The molecule has 1 saturated heterocycles. The molecule has 1 aliphatic heterocycles. The molecule has 0 aromatic carbocycles. The fourth-order valence-corrected chi connectivity index (χ4v) is 1.68. The Bertz CT molecular complexity index is 393. The van der Waals surface area contributed by atoms with Crippen molar-refractivity contribution in [2.45, 2.75) is 37.6 Å². The van der Waals surface area contributed by atoms with Crippen molar-refractivity contribution in [2.75, 3.05) is 6.61 Å². The molecule has 0 spiro atoms. The van der Waals surface area contributed by atoms with Crippen LogP contribution in [0.3, 0.4) is 0 Å². The number of ether oxygens (including phenoxy) is 2. The van der Waals surface area contributed by atoms with Gasteiger partial charge in [0.2, 0.25) is 6.29 Å². The summed E-state index contributed by atoms with van der Waals surface area (Å²) in [6.45, 7) is 1.15. The van der Waals surface area contributed by atoms with Gasteiger partial charge in [0, 0.05) is 6.07 Å². The highest BCUT2D eigenvalue weighted by atomic mass is 16.7. The molecule has 1 fully saturated rings. The van der Waals surface area contributed by atoms with E-state index in [0.29, 0.717) is 5.76 Å². The van der Waals surface area contributed by atoms with Gasteiger partial charge in [-0.2, -0.15) is 0 Å². The van der Waals surface area contributed by atoms with Crippen molar-refractivity contribution in [2.24, 2.45) is 0 Å². The first-order valence-corrected chi connectivity index (χ1v) is 5.43. The topological polar surface area (TPSA) is 125 Å². The zero-order valence-corrected chi connectivity index (χ0v) is 9.63. The van der Waals surface area contributed by atoms with E-state index in [9.17, 15) is 15.3 Å². The molecule has 5 atom stereocenters. The van der Waals surface area contributed by atoms with Crippen LogP contribution in [-0.4, -0.2) is 62.9 Å². The third kappa shape index (κ3) is 2.47. The molecule has 0 bridgehead atoms. The van der Waals surface area contributed by atoms with Gasteiger partial charge < -0.3 is 34.4 Å². The normalized spacial score (nSPS) is 36.6. The molecular weight excluding hydrogens is 246 g/mol. The summed E-state index contributed by atoms with van der Waals surface area (Å²) in [5.41, 5.74) is 0. The number of hydrogen-bond donors (Lipinski definition) is 4. The summed E-state index contributed by atoms with van der Waals surface area (Å²) in [6, 6.07) is 1.47. The number of aliphatic hydroxyl groups excluding tert-OH is 4. The average molecular weight is 261 g/mol. The van der Waals surface area contributed by atoms with Crippen molar-refractivity contribution in [3.05, 3.63) is 11.8 Å². The van der Waals surface area contributed by atoms with Crippen molar-refractivity contribution >= 4 is 0 Å². The van der Waals surface area contributed by atoms with Crippen LogP contribution in [0.1, 0.15) is 5.76 Å². The van der Waals surface area contributed by atoms with Crippen LogP contribution in [0.15, 0.2) is 10.6 Å². The Morgan fingerprint density at radius 3 is 2.56 bits per heavy atom. The predicted octanol–water partition coefficient (Wildman–Crippen LogP) is -1.84. The van der Waals surface area contributed by atoms with E-state index in [1.165, 1.54) is 6.07 Å². The third-order valence-electron chi connectivity index (χ3n) is 2.69. The molecule has 2 rings (SSSR count).